The van der Waals surface area contributed by atoms with E-state index >= 15 is 0 Å². The minimum Gasteiger partial charge on any atom is -0.288 e. The summed E-state index contributed by atoms with van der Waals surface area (Å²) < 4.78 is 31.2. The van der Waals surface area contributed by atoms with Crippen LogP contribution in [0.25, 0.3) is 0 Å². The largest absolute Gasteiger partial charge is 0.288 e. The van der Waals surface area contributed by atoms with E-state index in [1.807, 2.05) is 0 Å². The van der Waals surface area contributed by atoms with Crippen molar-refractivity contribution in [3.05, 3.63) is 77.3 Å². The second-order valence-electron chi connectivity index (χ2n) is 4.71. The number of carbonyl (C=O) groups excluding carboxylic acids is 1. The van der Waals surface area contributed by atoms with Crippen LogP contribution in [0.4, 0.5) is 5.69 Å². The molecule has 0 fully saturated rings. The zero-order chi connectivity index (χ0) is 16.3. The Morgan fingerprint density at radius 3 is 2.39 bits per heavy atom. The van der Waals surface area contributed by atoms with Crippen LogP contribution < -0.4 is 4.72 Å². The summed E-state index contributed by atoms with van der Waals surface area (Å²) in [6.45, 7) is 0. The van der Waals surface area contributed by atoms with Gasteiger partial charge in [0.15, 0.2) is 5.78 Å². The lowest BCUT2D eigenvalue weighted by Gasteiger charge is -2.11. The Morgan fingerprint density at radius 1 is 1.00 bits per heavy atom. The zero-order valence-electron chi connectivity index (χ0n) is 11.8. The number of hydrogen-bond acceptors (Lipinski definition) is 5. The molecule has 3 aromatic rings. The lowest BCUT2D eigenvalue weighted by atomic mass is 10.1. The minimum atomic E-state index is -3.75. The number of hydrogen-bond donors (Lipinski definition) is 1. The van der Waals surface area contributed by atoms with E-state index in [9.17, 15) is 13.2 Å². The Hall–Kier alpha value is -2.51. The summed E-state index contributed by atoms with van der Waals surface area (Å²) in [5.74, 6) is -0.273. The SMILES string of the molecule is O=C(c1cnsc1)c1ccccc1NS(=O)(=O)c1ccccc1. The van der Waals surface area contributed by atoms with Gasteiger partial charge in [-0.3, -0.25) is 9.52 Å². The number of para-hydroxylation sites is 1. The summed E-state index contributed by atoms with van der Waals surface area (Å²) in [6, 6.07) is 14.5. The maximum Gasteiger partial charge on any atom is 0.261 e. The van der Waals surface area contributed by atoms with Gasteiger partial charge in [0.25, 0.3) is 10.0 Å². The van der Waals surface area contributed by atoms with Gasteiger partial charge in [-0.2, -0.15) is 0 Å². The van der Waals surface area contributed by atoms with E-state index in [1.54, 1.807) is 47.8 Å². The molecule has 0 bridgehead atoms. The molecule has 23 heavy (non-hydrogen) atoms. The molecule has 0 radical (unpaired) electrons. The van der Waals surface area contributed by atoms with Crippen molar-refractivity contribution < 1.29 is 13.2 Å². The van der Waals surface area contributed by atoms with E-state index in [4.69, 9.17) is 0 Å². The highest BCUT2D eigenvalue weighted by Gasteiger charge is 2.19. The van der Waals surface area contributed by atoms with Crippen LogP contribution in [0.1, 0.15) is 15.9 Å². The third kappa shape index (κ3) is 3.30. The fraction of sp³-hybridized carbons (Fsp3) is 0. The average Bonchev–Trinajstić information content (AvgIpc) is 3.10. The quantitative estimate of drug-likeness (QED) is 0.721. The van der Waals surface area contributed by atoms with Crippen molar-refractivity contribution in [1.29, 1.82) is 0 Å². The first-order valence-corrected chi connectivity index (χ1v) is 9.01. The summed E-state index contributed by atoms with van der Waals surface area (Å²) in [5.41, 5.74) is 0.959. The van der Waals surface area contributed by atoms with Crippen LogP contribution in [0.2, 0.25) is 0 Å². The van der Waals surface area contributed by atoms with Gasteiger partial charge in [-0.05, 0) is 35.8 Å². The second kappa shape index (κ2) is 6.31. The topological polar surface area (TPSA) is 76.1 Å². The minimum absolute atomic E-state index is 0.138. The monoisotopic (exact) mass is 344 g/mol. The van der Waals surface area contributed by atoms with Crippen LogP contribution in [0.3, 0.4) is 0 Å². The molecule has 0 aliphatic rings. The number of nitrogens with zero attached hydrogens (tertiary/aromatic N) is 1. The first-order valence-electron chi connectivity index (χ1n) is 6.69. The van der Waals surface area contributed by atoms with Gasteiger partial charge in [-0.1, -0.05) is 30.3 Å². The molecule has 2 aromatic carbocycles. The number of ketones is 1. The van der Waals surface area contributed by atoms with Crippen molar-refractivity contribution in [2.24, 2.45) is 0 Å². The highest BCUT2D eigenvalue weighted by Crippen LogP contribution is 2.23. The van der Waals surface area contributed by atoms with Gasteiger partial charge in [0, 0.05) is 10.9 Å². The summed E-state index contributed by atoms with van der Waals surface area (Å²) in [7, 11) is -3.75. The molecule has 5 nitrogen and oxygen atoms in total. The van der Waals surface area contributed by atoms with Crippen LogP contribution in [0.15, 0.2) is 71.1 Å². The predicted molar refractivity (Wildman–Crippen MR) is 89.2 cm³/mol. The Balaban J connectivity index is 1.97. The number of rotatable bonds is 5. The molecule has 7 heteroatoms. The molecule has 0 aliphatic heterocycles. The average molecular weight is 344 g/mol. The Kier molecular flexibility index (Phi) is 4.22. The fourth-order valence-corrected chi connectivity index (χ4v) is 3.66. The van der Waals surface area contributed by atoms with Crippen LogP contribution in [0, 0.1) is 0 Å². The number of aromatic nitrogens is 1. The molecule has 0 spiro atoms. The van der Waals surface area contributed by atoms with E-state index in [2.05, 4.69) is 9.10 Å². The van der Waals surface area contributed by atoms with Crippen LogP contribution in [-0.2, 0) is 10.0 Å². The summed E-state index contributed by atoms with van der Waals surface area (Å²) in [6.07, 6.45) is 1.47. The molecule has 3 rings (SSSR count). The molecular formula is C16H12N2O3S2. The van der Waals surface area contributed by atoms with Gasteiger partial charge in [-0.25, -0.2) is 12.8 Å². The maximum atomic E-state index is 12.5. The van der Waals surface area contributed by atoms with E-state index in [0.29, 0.717) is 5.56 Å². The van der Waals surface area contributed by atoms with Crippen molar-refractivity contribution in [1.82, 2.24) is 4.37 Å². The van der Waals surface area contributed by atoms with E-state index in [1.165, 1.54) is 29.9 Å². The fourth-order valence-electron chi connectivity index (χ4n) is 2.05. The lowest BCUT2D eigenvalue weighted by molar-refractivity contribution is 0.104. The van der Waals surface area contributed by atoms with Gasteiger partial charge in [-0.15, -0.1) is 0 Å². The number of benzene rings is 2. The normalized spacial score (nSPS) is 11.1. The predicted octanol–water partition coefficient (Wildman–Crippen LogP) is 3.17. The molecule has 1 N–H and O–H groups in total. The number of nitrogens with one attached hydrogen (secondary N) is 1. The number of carbonyl (C=O) groups is 1. The zero-order valence-corrected chi connectivity index (χ0v) is 13.5. The molecular weight excluding hydrogens is 332 g/mol. The Morgan fingerprint density at radius 2 is 1.70 bits per heavy atom. The maximum absolute atomic E-state index is 12.5. The van der Waals surface area contributed by atoms with Gasteiger partial charge >= 0.3 is 0 Å². The van der Waals surface area contributed by atoms with Crippen molar-refractivity contribution in [2.45, 2.75) is 4.90 Å². The first-order chi connectivity index (χ1) is 11.1. The molecule has 116 valence electrons. The standard InChI is InChI=1S/C16H12N2O3S2/c19-16(12-10-17-22-11-12)14-8-4-5-9-15(14)18-23(20,21)13-6-2-1-3-7-13/h1-11,18H. The molecule has 1 aromatic heterocycles. The van der Waals surface area contributed by atoms with Crippen molar-refractivity contribution in [3.63, 3.8) is 0 Å². The summed E-state index contributed by atoms with van der Waals surface area (Å²) in [4.78, 5) is 12.6. The Labute approximate surface area is 137 Å². The summed E-state index contributed by atoms with van der Waals surface area (Å²) in [5, 5.41) is 1.63. The van der Waals surface area contributed by atoms with Crippen molar-refractivity contribution in [2.75, 3.05) is 4.72 Å². The van der Waals surface area contributed by atoms with Crippen molar-refractivity contribution in [3.8, 4) is 0 Å². The van der Waals surface area contributed by atoms with E-state index in [-0.39, 0.29) is 21.9 Å². The third-order valence-electron chi connectivity index (χ3n) is 3.16. The van der Waals surface area contributed by atoms with Gasteiger partial charge in [0.1, 0.15) is 0 Å². The molecule has 0 saturated heterocycles. The number of anilines is 1. The van der Waals surface area contributed by atoms with Crippen LogP contribution >= 0.6 is 11.5 Å². The second-order valence-corrected chi connectivity index (χ2v) is 7.05. The van der Waals surface area contributed by atoms with Crippen LogP contribution in [0.5, 0.6) is 0 Å². The lowest BCUT2D eigenvalue weighted by Crippen LogP contribution is -2.15. The van der Waals surface area contributed by atoms with Crippen molar-refractivity contribution >= 4 is 33.0 Å². The van der Waals surface area contributed by atoms with E-state index in [0.717, 1.165) is 0 Å². The first kappa shape index (κ1) is 15.4. The highest BCUT2D eigenvalue weighted by atomic mass is 32.2. The van der Waals surface area contributed by atoms with E-state index < -0.39 is 10.0 Å². The van der Waals surface area contributed by atoms with Crippen LogP contribution in [-0.4, -0.2) is 18.6 Å². The molecule has 0 unspecified atom stereocenters. The third-order valence-corrected chi connectivity index (χ3v) is 5.13. The Bertz CT molecular complexity index is 921. The smallest absolute Gasteiger partial charge is 0.261 e. The van der Waals surface area contributed by atoms with Gasteiger partial charge in [0.2, 0.25) is 0 Å². The molecule has 0 aliphatic carbocycles. The van der Waals surface area contributed by atoms with Gasteiger partial charge in [0.05, 0.1) is 22.3 Å². The summed E-state index contributed by atoms with van der Waals surface area (Å²) >= 11 is 1.17. The molecule has 0 saturated carbocycles. The molecule has 1 heterocycles. The highest BCUT2D eigenvalue weighted by molar-refractivity contribution is 7.92. The molecule has 0 atom stereocenters. The number of sulfonamides is 1. The molecule has 0 amide bonds. The van der Waals surface area contributed by atoms with Gasteiger partial charge < -0.3 is 0 Å².